The highest BCUT2D eigenvalue weighted by molar-refractivity contribution is 6.38. The second-order valence-electron chi connectivity index (χ2n) is 1.60. The Morgan fingerprint density at radius 2 is 2.12 bits per heavy atom. The molecule has 0 aromatic heterocycles. The van der Waals surface area contributed by atoms with Gasteiger partial charge < -0.3 is 4.90 Å². The number of aldehydes is 1. The Hall–Kier alpha value is -0.500. The molecule has 0 aliphatic carbocycles. The first kappa shape index (κ1) is 7.50. The van der Waals surface area contributed by atoms with E-state index in [0.29, 0.717) is 6.29 Å². The van der Waals surface area contributed by atoms with Gasteiger partial charge in [-0.2, -0.15) is 0 Å². The van der Waals surface area contributed by atoms with Crippen LogP contribution in [0.3, 0.4) is 0 Å². The van der Waals surface area contributed by atoms with E-state index in [1.807, 2.05) is 0 Å². The molecule has 0 fully saturated rings. The van der Waals surface area contributed by atoms with Crippen molar-refractivity contribution in [3.05, 3.63) is 11.2 Å². The van der Waals surface area contributed by atoms with Crippen LogP contribution in [0.1, 0.15) is 0 Å². The van der Waals surface area contributed by atoms with Crippen LogP contribution in [0.25, 0.3) is 0 Å². The van der Waals surface area contributed by atoms with Gasteiger partial charge in [-0.3, -0.25) is 4.79 Å². The molecule has 0 unspecified atom stereocenters. The second-order valence-corrected chi connectivity index (χ2v) is 2.03. The molecule has 0 spiro atoms. The first-order chi connectivity index (χ1) is 3.66. The Morgan fingerprint density at radius 1 is 1.62 bits per heavy atom. The summed E-state index contributed by atoms with van der Waals surface area (Å²) in [5.74, 6) is 0. The minimum Gasteiger partial charge on any atom is -0.382 e. The van der Waals surface area contributed by atoms with Crippen LogP contribution in [0.15, 0.2) is 11.2 Å². The molecule has 0 aromatic carbocycles. The SMILES string of the molecule is CN(C)/C=C(/Cl)C=O. The van der Waals surface area contributed by atoms with Crippen molar-refractivity contribution in [2.24, 2.45) is 0 Å². The number of allylic oxidation sites excluding steroid dienone is 1. The molecule has 0 saturated carbocycles. The van der Waals surface area contributed by atoms with Gasteiger partial charge in [-0.15, -0.1) is 0 Å². The summed E-state index contributed by atoms with van der Waals surface area (Å²) in [6, 6.07) is 0. The Labute approximate surface area is 53.7 Å². The molecule has 0 aliphatic heterocycles. The fraction of sp³-hybridized carbons (Fsp3) is 0.400. The quantitative estimate of drug-likeness (QED) is 0.411. The average molecular weight is 134 g/mol. The number of carbonyl (C=O) groups excluding carboxylic acids is 1. The lowest BCUT2D eigenvalue weighted by Crippen LogP contribution is -2.01. The Kier molecular flexibility index (Phi) is 3.28. The largest absolute Gasteiger partial charge is 0.382 e. The van der Waals surface area contributed by atoms with Crippen molar-refractivity contribution in [1.29, 1.82) is 0 Å². The first-order valence-corrected chi connectivity index (χ1v) is 2.53. The predicted octanol–water partition coefficient (Wildman–Crippen LogP) is 0.827. The smallest absolute Gasteiger partial charge is 0.162 e. The molecule has 0 N–H and O–H groups in total. The maximum absolute atomic E-state index is 9.81. The zero-order valence-electron chi connectivity index (χ0n) is 4.89. The van der Waals surface area contributed by atoms with Crippen LogP contribution in [0.5, 0.6) is 0 Å². The average Bonchev–Trinajstić information content (AvgIpc) is 1.65. The van der Waals surface area contributed by atoms with Crippen LogP contribution in [0.2, 0.25) is 0 Å². The van der Waals surface area contributed by atoms with Gasteiger partial charge in [0, 0.05) is 20.3 Å². The van der Waals surface area contributed by atoms with Crippen LogP contribution < -0.4 is 0 Å². The third-order valence-corrected chi connectivity index (χ3v) is 0.681. The van der Waals surface area contributed by atoms with Crippen molar-refractivity contribution in [3.8, 4) is 0 Å². The van der Waals surface area contributed by atoms with Crippen molar-refractivity contribution in [2.75, 3.05) is 14.1 Å². The molecular weight excluding hydrogens is 126 g/mol. The van der Waals surface area contributed by atoms with Crippen molar-refractivity contribution < 1.29 is 4.79 Å². The molecule has 0 rings (SSSR count). The van der Waals surface area contributed by atoms with Gasteiger partial charge in [0.2, 0.25) is 0 Å². The van der Waals surface area contributed by atoms with E-state index < -0.39 is 0 Å². The zero-order valence-corrected chi connectivity index (χ0v) is 5.64. The summed E-state index contributed by atoms with van der Waals surface area (Å²) in [4.78, 5) is 11.5. The van der Waals surface area contributed by atoms with Gasteiger partial charge in [-0.1, -0.05) is 11.6 Å². The first-order valence-electron chi connectivity index (χ1n) is 2.15. The Morgan fingerprint density at radius 3 is 2.25 bits per heavy atom. The van der Waals surface area contributed by atoms with Crippen LogP contribution >= 0.6 is 11.6 Å². The molecule has 46 valence electrons. The fourth-order valence-electron chi connectivity index (χ4n) is 0.277. The lowest BCUT2D eigenvalue weighted by Gasteiger charge is -2.01. The van der Waals surface area contributed by atoms with Crippen molar-refractivity contribution >= 4 is 17.9 Å². The molecule has 0 saturated heterocycles. The Balaban J connectivity index is 3.74. The standard InChI is InChI=1S/C5H8ClNO/c1-7(2)3-5(6)4-8/h3-4H,1-2H3/b5-3+. The minimum atomic E-state index is 0.218. The summed E-state index contributed by atoms with van der Waals surface area (Å²) in [5.41, 5.74) is 0. The number of nitrogens with zero attached hydrogens (tertiary/aromatic N) is 1. The molecule has 0 amide bonds. The van der Waals surface area contributed by atoms with Crippen LogP contribution in [-0.4, -0.2) is 25.3 Å². The van der Waals surface area contributed by atoms with E-state index in [-0.39, 0.29) is 5.03 Å². The molecule has 0 aliphatic rings. The third-order valence-electron chi connectivity index (χ3n) is 0.494. The van der Waals surface area contributed by atoms with Crippen molar-refractivity contribution in [1.82, 2.24) is 4.90 Å². The van der Waals surface area contributed by atoms with Gasteiger partial charge in [0.1, 0.15) is 0 Å². The van der Waals surface area contributed by atoms with E-state index >= 15 is 0 Å². The molecule has 2 nitrogen and oxygen atoms in total. The van der Waals surface area contributed by atoms with E-state index in [9.17, 15) is 4.79 Å². The fourth-order valence-corrected chi connectivity index (χ4v) is 0.472. The number of hydrogen-bond donors (Lipinski definition) is 0. The summed E-state index contributed by atoms with van der Waals surface area (Å²) < 4.78 is 0. The van der Waals surface area contributed by atoms with Gasteiger partial charge in [-0.05, 0) is 0 Å². The molecule has 3 heteroatoms. The predicted molar refractivity (Wildman–Crippen MR) is 33.7 cm³/mol. The van der Waals surface area contributed by atoms with Crippen LogP contribution in [0, 0.1) is 0 Å². The molecule has 0 heterocycles. The van der Waals surface area contributed by atoms with E-state index in [1.165, 1.54) is 6.20 Å². The monoisotopic (exact) mass is 133 g/mol. The van der Waals surface area contributed by atoms with Gasteiger partial charge in [0.15, 0.2) is 6.29 Å². The van der Waals surface area contributed by atoms with E-state index in [1.54, 1.807) is 19.0 Å². The summed E-state index contributed by atoms with van der Waals surface area (Å²) in [5, 5.41) is 0.218. The van der Waals surface area contributed by atoms with Gasteiger partial charge >= 0.3 is 0 Å². The van der Waals surface area contributed by atoms with Gasteiger partial charge in [0.25, 0.3) is 0 Å². The maximum Gasteiger partial charge on any atom is 0.162 e. The third kappa shape index (κ3) is 3.68. The van der Waals surface area contributed by atoms with Gasteiger partial charge in [-0.25, -0.2) is 0 Å². The minimum absolute atomic E-state index is 0.218. The van der Waals surface area contributed by atoms with Gasteiger partial charge in [0.05, 0.1) is 5.03 Å². The molecule has 0 aromatic rings. The number of carbonyl (C=O) groups is 1. The number of hydrogen-bond acceptors (Lipinski definition) is 2. The summed E-state index contributed by atoms with van der Waals surface area (Å²) in [7, 11) is 3.60. The number of halogens is 1. The summed E-state index contributed by atoms with van der Waals surface area (Å²) in [6.45, 7) is 0. The van der Waals surface area contributed by atoms with E-state index in [0.717, 1.165) is 0 Å². The normalized spacial score (nSPS) is 11.1. The lowest BCUT2D eigenvalue weighted by molar-refractivity contribution is -0.104. The lowest BCUT2D eigenvalue weighted by atomic mass is 10.6. The molecular formula is C5H8ClNO. The molecule has 0 radical (unpaired) electrons. The number of rotatable bonds is 2. The Bertz CT molecular complexity index is 109. The van der Waals surface area contributed by atoms with E-state index in [4.69, 9.17) is 11.6 Å². The summed E-state index contributed by atoms with van der Waals surface area (Å²) >= 11 is 5.31. The second kappa shape index (κ2) is 3.50. The molecule has 8 heavy (non-hydrogen) atoms. The highest BCUT2D eigenvalue weighted by atomic mass is 35.5. The molecule has 0 atom stereocenters. The van der Waals surface area contributed by atoms with Crippen molar-refractivity contribution in [3.63, 3.8) is 0 Å². The highest BCUT2D eigenvalue weighted by Crippen LogP contribution is 1.95. The maximum atomic E-state index is 9.81. The van der Waals surface area contributed by atoms with Crippen LogP contribution in [0.4, 0.5) is 0 Å². The highest BCUT2D eigenvalue weighted by Gasteiger charge is 1.85. The zero-order chi connectivity index (χ0) is 6.57. The van der Waals surface area contributed by atoms with Crippen LogP contribution in [-0.2, 0) is 4.79 Å². The topological polar surface area (TPSA) is 20.3 Å². The van der Waals surface area contributed by atoms with Crippen molar-refractivity contribution in [2.45, 2.75) is 0 Å². The van der Waals surface area contributed by atoms with E-state index in [2.05, 4.69) is 0 Å². The summed E-state index contributed by atoms with van der Waals surface area (Å²) in [6.07, 6.45) is 2.14. The molecule has 0 bridgehead atoms.